The minimum absolute atomic E-state index is 0.186. The number of halogens is 3. The third kappa shape index (κ3) is 4.83. The molecule has 0 atom stereocenters. The number of carbonyl (C=O) groups is 1. The number of hydrogen-bond donors (Lipinski definition) is 0. The molecule has 0 bridgehead atoms. The van der Waals surface area contributed by atoms with Crippen molar-refractivity contribution >= 4 is 16.0 Å². The van der Waals surface area contributed by atoms with Gasteiger partial charge in [0.05, 0.1) is 17.6 Å². The van der Waals surface area contributed by atoms with E-state index in [0.29, 0.717) is 11.6 Å². The summed E-state index contributed by atoms with van der Waals surface area (Å²) in [6.45, 7) is -0.807. The Bertz CT molecular complexity index is 867. The molecule has 0 radical (unpaired) electrons. The lowest BCUT2D eigenvalue weighted by Gasteiger charge is -2.21. The Balaban J connectivity index is 2.43. The summed E-state index contributed by atoms with van der Waals surface area (Å²) in [5.41, 5.74) is -0.511. The highest BCUT2D eigenvalue weighted by Gasteiger charge is 2.33. The molecule has 0 saturated carbocycles. The molecule has 140 valence electrons. The third-order valence-electron chi connectivity index (χ3n) is 3.53. The third-order valence-corrected chi connectivity index (χ3v) is 5.32. The average molecular weight is 387 g/mol. The van der Waals surface area contributed by atoms with Gasteiger partial charge in [-0.3, -0.25) is 4.79 Å². The van der Waals surface area contributed by atoms with Gasteiger partial charge in [-0.1, -0.05) is 36.4 Å². The number of nitrogens with zero attached hydrogens (tertiary/aromatic N) is 1. The van der Waals surface area contributed by atoms with Crippen LogP contribution in [0.15, 0.2) is 59.5 Å². The zero-order valence-corrected chi connectivity index (χ0v) is 14.5. The zero-order valence-electron chi connectivity index (χ0n) is 13.7. The van der Waals surface area contributed by atoms with Gasteiger partial charge in [-0.25, -0.2) is 8.42 Å². The Morgan fingerprint density at radius 3 is 2.31 bits per heavy atom. The van der Waals surface area contributed by atoms with Crippen LogP contribution in [0.4, 0.5) is 13.2 Å². The van der Waals surface area contributed by atoms with E-state index in [0.717, 1.165) is 29.6 Å². The maximum atomic E-state index is 12.9. The van der Waals surface area contributed by atoms with E-state index in [1.165, 1.54) is 0 Å². The summed E-state index contributed by atoms with van der Waals surface area (Å²) in [5, 5.41) is 0. The SMILES string of the molecule is COC(=O)CN(Cc1ccccc1)S(=O)(=O)c1cccc(C(F)(F)F)c1. The summed E-state index contributed by atoms with van der Waals surface area (Å²) in [6, 6.07) is 11.8. The van der Waals surface area contributed by atoms with E-state index in [1.807, 2.05) is 0 Å². The molecule has 0 aliphatic heterocycles. The Labute approximate surface area is 149 Å². The molecule has 0 amide bonds. The van der Waals surface area contributed by atoms with Crippen LogP contribution in [0.3, 0.4) is 0 Å². The maximum absolute atomic E-state index is 12.9. The number of sulfonamides is 1. The number of hydrogen-bond acceptors (Lipinski definition) is 4. The first-order valence-corrected chi connectivity index (χ1v) is 8.87. The van der Waals surface area contributed by atoms with Crippen molar-refractivity contribution in [3.8, 4) is 0 Å². The van der Waals surface area contributed by atoms with Crippen molar-refractivity contribution in [3.05, 3.63) is 65.7 Å². The molecule has 0 N–H and O–H groups in total. The van der Waals surface area contributed by atoms with E-state index in [4.69, 9.17) is 0 Å². The van der Waals surface area contributed by atoms with E-state index < -0.39 is 39.2 Å². The zero-order chi connectivity index (χ0) is 19.4. The normalized spacial score (nSPS) is 12.2. The summed E-state index contributed by atoms with van der Waals surface area (Å²) in [5.74, 6) is -0.823. The van der Waals surface area contributed by atoms with Crippen molar-refractivity contribution in [2.24, 2.45) is 0 Å². The molecule has 0 heterocycles. The van der Waals surface area contributed by atoms with Crippen molar-refractivity contribution in [3.63, 3.8) is 0 Å². The van der Waals surface area contributed by atoms with Crippen LogP contribution in [0.25, 0.3) is 0 Å². The Kier molecular flexibility index (Phi) is 6.04. The van der Waals surface area contributed by atoms with Gasteiger partial charge in [-0.05, 0) is 23.8 Å². The number of ether oxygens (including phenoxy) is 1. The van der Waals surface area contributed by atoms with Gasteiger partial charge >= 0.3 is 12.1 Å². The molecule has 2 rings (SSSR count). The van der Waals surface area contributed by atoms with E-state index in [2.05, 4.69) is 4.74 Å². The second kappa shape index (κ2) is 7.88. The predicted octanol–water partition coefficient (Wildman–Crippen LogP) is 3.07. The molecular formula is C17H16F3NO4S. The fourth-order valence-corrected chi connectivity index (χ4v) is 3.62. The monoisotopic (exact) mass is 387 g/mol. The summed E-state index contributed by atoms with van der Waals surface area (Å²) < 4.78 is 69.6. The van der Waals surface area contributed by atoms with Crippen LogP contribution in [-0.4, -0.2) is 32.3 Å². The van der Waals surface area contributed by atoms with Gasteiger partial charge in [0.1, 0.15) is 6.54 Å². The van der Waals surface area contributed by atoms with Crippen molar-refractivity contribution in [2.45, 2.75) is 17.6 Å². The topological polar surface area (TPSA) is 63.7 Å². The lowest BCUT2D eigenvalue weighted by Crippen LogP contribution is -2.35. The molecule has 2 aromatic carbocycles. The molecule has 0 unspecified atom stereocenters. The fourth-order valence-electron chi connectivity index (χ4n) is 2.20. The first-order valence-electron chi connectivity index (χ1n) is 7.43. The highest BCUT2D eigenvalue weighted by molar-refractivity contribution is 7.89. The van der Waals surface area contributed by atoms with E-state index in [1.54, 1.807) is 30.3 Å². The minimum Gasteiger partial charge on any atom is -0.468 e. The molecule has 2 aromatic rings. The maximum Gasteiger partial charge on any atom is 0.416 e. The lowest BCUT2D eigenvalue weighted by atomic mass is 10.2. The van der Waals surface area contributed by atoms with Gasteiger partial charge < -0.3 is 4.74 Å². The van der Waals surface area contributed by atoms with Crippen molar-refractivity contribution in [1.29, 1.82) is 0 Å². The number of alkyl halides is 3. The van der Waals surface area contributed by atoms with E-state index in [-0.39, 0.29) is 6.54 Å². The van der Waals surface area contributed by atoms with Gasteiger partial charge in [0.25, 0.3) is 0 Å². The molecule has 0 fully saturated rings. The lowest BCUT2D eigenvalue weighted by molar-refractivity contribution is -0.141. The highest BCUT2D eigenvalue weighted by Crippen LogP contribution is 2.31. The van der Waals surface area contributed by atoms with Crippen molar-refractivity contribution in [2.75, 3.05) is 13.7 Å². The van der Waals surface area contributed by atoms with Gasteiger partial charge in [0.15, 0.2) is 0 Å². The van der Waals surface area contributed by atoms with Crippen LogP contribution >= 0.6 is 0 Å². The summed E-state index contributed by atoms with van der Waals surface area (Å²) >= 11 is 0. The molecule has 5 nitrogen and oxygen atoms in total. The molecule has 0 aliphatic carbocycles. The van der Waals surface area contributed by atoms with Crippen LogP contribution in [0, 0.1) is 0 Å². The Morgan fingerprint density at radius 1 is 1.08 bits per heavy atom. The number of carbonyl (C=O) groups excluding carboxylic acids is 1. The first kappa shape index (κ1) is 19.9. The Morgan fingerprint density at radius 2 is 1.73 bits per heavy atom. The first-order chi connectivity index (χ1) is 12.1. The molecule has 0 saturated heterocycles. The molecule has 0 spiro atoms. The fraction of sp³-hybridized carbons (Fsp3) is 0.235. The molecule has 0 aliphatic rings. The van der Waals surface area contributed by atoms with Crippen LogP contribution in [0.1, 0.15) is 11.1 Å². The van der Waals surface area contributed by atoms with Crippen molar-refractivity contribution < 1.29 is 31.1 Å². The predicted molar refractivity (Wildman–Crippen MR) is 87.5 cm³/mol. The van der Waals surface area contributed by atoms with Crippen LogP contribution < -0.4 is 0 Å². The minimum atomic E-state index is -4.68. The highest BCUT2D eigenvalue weighted by atomic mass is 32.2. The standard InChI is InChI=1S/C17H16F3NO4S/c1-25-16(22)12-21(11-13-6-3-2-4-7-13)26(23,24)15-9-5-8-14(10-15)17(18,19)20/h2-10H,11-12H2,1H3. The van der Waals surface area contributed by atoms with Gasteiger partial charge in [-0.15, -0.1) is 0 Å². The average Bonchev–Trinajstić information content (AvgIpc) is 2.61. The number of benzene rings is 2. The van der Waals surface area contributed by atoms with Gasteiger partial charge in [-0.2, -0.15) is 17.5 Å². The largest absolute Gasteiger partial charge is 0.468 e. The van der Waals surface area contributed by atoms with Gasteiger partial charge in [0, 0.05) is 6.54 Å². The summed E-state index contributed by atoms with van der Waals surface area (Å²) in [6.07, 6.45) is -4.68. The smallest absolute Gasteiger partial charge is 0.416 e. The second-order valence-electron chi connectivity index (χ2n) is 5.36. The van der Waals surface area contributed by atoms with E-state index in [9.17, 15) is 26.4 Å². The molecule has 9 heteroatoms. The summed E-state index contributed by atoms with van der Waals surface area (Å²) in [4.78, 5) is 11.1. The van der Waals surface area contributed by atoms with Crippen LogP contribution in [0.5, 0.6) is 0 Å². The molecular weight excluding hydrogens is 371 g/mol. The quantitative estimate of drug-likeness (QED) is 0.715. The van der Waals surface area contributed by atoms with Crippen LogP contribution in [0.2, 0.25) is 0 Å². The molecule has 26 heavy (non-hydrogen) atoms. The Hall–Kier alpha value is -2.39. The van der Waals surface area contributed by atoms with Crippen LogP contribution in [-0.2, 0) is 32.3 Å². The van der Waals surface area contributed by atoms with Crippen molar-refractivity contribution in [1.82, 2.24) is 4.31 Å². The van der Waals surface area contributed by atoms with E-state index >= 15 is 0 Å². The second-order valence-corrected chi connectivity index (χ2v) is 7.30. The number of esters is 1. The summed E-state index contributed by atoms with van der Waals surface area (Å²) in [7, 11) is -3.26. The van der Waals surface area contributed by atoms with Gasteiger partial charge in [0.2, 0.25) is 10.0 Å². The number of methoxy groups -OCH3 is 1. The number of rotatable bonds is 6. The molecule has 0 aromatic heterocycles.